The molecule has 126 valence electrons. The summed E-state index contributed by atoms with van der Waals surface area (Å²) in [6.07, 6.45) is 0.183. The monoisotopic (exact) mass is 328 g/mol. The van der Waals surface area contributed by atoms with Crippen molar-refractivity contribution in [3.8, 4) is 0 Å². The number of benzene rings is 2. The lowest BCUT2D eigenvalue weighted by atomic mass is 10.0. The first-order valence-corrected chi connectivity index (χ1v) is 8.05. The third-order valence-electron chi connectivity index (χ3n) is 4.44. The minimum absolute atomic E-state index is 0.00526. The largest absolute Gasteiger partial charge is 0.392 e. The van der Waals surface area contributed by atoms with Gasteiger partial charge in [0.05, 0.1) is 6.10 Å². The SMILES string of the molecule is CNC(=O)c1ccc(CN2CC(O)CC2c2cccc(F)c2)cc1. The molecule has 1 aliphatic heterocycles. The van der Waals surface area contributed by atoms with Crippen LogP contribution in [0, 0.1) is 5.82 Å². The normalized spacial score (nSPS) is 21.0. The summed E-state index contributed by atoms with van der Waals surface area (Å²) in [6.45, 7) is 1.20. The van der Waals surface area contributed by atoms with Gasteiger partial charge in [0, 0.05) is 31.7 Å². The van der Waals surface area contributed by atoms with Gasteiger partial charge in [0.1, 0.15) is 5.82 Å². The maximum absolute atomic E-state index is 13.5. The minimum atomic E-state index is -0.414. The molecule has 24 heavy (non-hydrogen) atoms. The van der Waals surface area contributed by atoms with E-state index in [2.05, 4.69) is 10.2 Å². The number of hydrogen-bond donors (Lipinski definition) is 2. The molecule has 2 unspecified atom stereocenters. The van der Waals surface area contributed by atoms with Crippen LogP contribution in [0.5, 0.6) is 0 Å². The molecular weight excluding hydrogens is 307 g/mol. The van der Waals surface area contributed by atoms with E-state index < -0.39 is 6.10 Å². The van der Waals surface area contributed by atoms with Crippen LogP contribution in [0.25, 0.3) is 0 Å². The summed E-state index contributed by atoms with van der Waals surface area (Å²) in [6, 6.07) is 14.0. The topological polar surface area (TPSA) is 52.6 Å². The highest BCUT2D eigenvalue weighted by atomic mass is 19.1. The van der Waals surface area contributed by atoms with Crippen LogP contribution in [-0.4, -0.2) is 35.6 Å². The molecule has 2 atom stereocenters. The number of aliphatic hydroxyl groups excluding tert-OH is 1. The molecule has 0 saturated carbocycles. The number of halogens is 1. The Bertz CT molecular complexity index is 718. The van der Waals surface area contributed by atoms with Gasteiger partial charge in [-0.3, -0.25) is 9.69 Å². The van der Waals surface area contributed by atoms with Crippen molar-refractivity contribution in [2.24, 2.45) is 0 Å². The van der Waals surface area contributed by atoms with Crippen molar-refractivity contribution >= 4 is 5.91 Å². The van der Waals surface area contributed by atoms with Gasteiger partial charge in [-0.2, -0.15) is 0 Å². The van der Waals surface area contributed by atoms with Crippen LogP contribution in [-0.2, 0) is 6.54 Å². The predicted molar refractivity (Wildman–Crippen MR) is 90.0 cm³/mol. The average Bonchev–Trinajstić information content (AvgIpc) is 2.95. The van der Waals surface area contributed by atoms with E-state index in [1.807, 2.05) is 18.2 Å². The Hall–Kier alpha value is -2.24. The lowest BCUT2D eigenvalue weighted by Gasteiger charge is -2.24. The lowest BCUT2D eigenvalue weighted by molar-refractivity contribution is 0.0963. The van der Waals surface area contributed by atoms with Crippen LogP contribution in [0.4, 0.5) is 4.39 Å². The van der Waals surface area contributed by atoms with E-state index in [9.17, 15) is 14.3 Å². The minimum Gasteiger partial charge on any atom is -0.392 e. The van der Waals surface area contributed by atoms with Gasteiger partial charge in [0.2, 0.25) is 0 Å². The first-order valence-electron chi connectivity index (χ1n) is 8.05. The zero-order valence-corrected chi connectivity index (χ0v) is 13.6. The number of nitrogens with one attached hydrogen (secondary N) is 1. The van der Waals surface area contributed by atoms with Crippen LogP contribution < -0.4 is 5.32 Å². The Morgan fingerprint density at radius 2 is 2.04 bits per heavy atom. The van der Waals surface area contributed by atoms with Gasteiger partial charge in [-0.05, 0) is 41.8 Å². The summed E-state index contributed by atoms with van der Waals surface area (Å²) in [5.41, 5.74) is 2.55. The molecular formula is C19H21FN2O2. The average molecular weight is 328 g/mol. The second-order valence-corrected chi connectivity index (χ2v) is 6.17. The highest BCUT2D eigenvalue weighted by Crippen LogP contribution is 2.33. The number of likely N-dealkylation sites (tertiary alicyclic amines) is 1. The molecule has 1 aliphatic rings. The third kappa shape index (κ3) is 3.63. The molecule has 0 aromatic heterocycles. The number of carbonyl (C=O) groups is 1. The van der Waals surface area contributed by atoms with Gasteiger partial charge >= 0.3 is 0 Å². The third-order valence-corrected chi connectivity index (χ3v) is 4.44. The fourth-order valence-corrected chi connectivity index (χ4v) is 3.26. The zero-order valence-electron chi connectivity index (χ0n) is 13.6. The summed E-state index contributed by atoms with van der Waals surface area (Å²) < 4.78 is 13.5. The van der Waals surface area contributed by atoms with E-state index in [1.165, 1.54) is 12.1 Å². The second kappa shape index (κ2) is 7.11. The number of nitrogens with zero attached hydrogens (tertiary/aromatic N) is 1. The smallest absolute Gasteiger partial charge is 0.251 e. The van der Waals surface area contributed by atoms with E-state index in [4.69, 9.17) is 0 Å². The number of carbonyl (C=O) groups excluding carboxylic acids is 1. The van der Waals surface area contributed by atoms with Gasteiger partial charge in [0.15, 0.2) is 0 Å². The Labute approximate surface area is 140 Å². The molecule has 2 aromatic carbocycles. The Morgan fingerprint density at radius 3 is 2.71 bits per heavy atom. The summed E-state index contributed by atoms with van der Waals surface area (Å²) in [4.78, 5) is 13.7. The van der Waals surface area contributed by atoms with E-state index >= 15 is 0 Å². The number of hydrogen-bond acceptors (Lipinski definition) is 3. The van der Waals surface area contributed by atoms with E-state index in [-0.39, 0.29) is 17.8 Å². The Balaban J connectivity index is 1.76. The standard InChI is InChI=1S/C19H21FN2O2/c1-21-19(24)14-7-5-13(6-8-14)11-22-12-17(23)10-18(22)15-3-2-4-16(20)9-15/h2-9,17-18,23H,10-12H2,1H3,(H,21,24). The first kappa shape index (κ1) is 16.6. The maximum Gasteiger partial charge on any atom is 0.251 e. The zero-order chi connectivity index (χ0) is 17.1. The predicted octanol–water partition coefficient (Wildman–Crippen LogP) is 2.49. The van der Waals surface area contributed by atoms with Crippen molar-refractivity contribution in [3.05, 3.63) is 71.0 Å². The highest BCUT2D eigenvalue weighted by Gasteiger charge is 2.32. The van der Waals surface area contributed by atoms with Crippen molar-refractivity contribution in [2.45, 2.75) is 25.1 Å². The summed E-state index contributed by atoms with van der Waals surface area (Å²) in [5.74, 6) is -0.375. The van der Waals surface area contributed by atoms with Gasteiger partial charge < -0.3 is 10.4 Å². The van der Waals surface area contributed by atoms with Gasteiger partial charge in [-0.25, -0.2) is 4.39 Å². The molecule has 2 aromatic rings. The molecule has 1 amide bonds. The van der Waals surface area contributed by atoms with Gasteiger partial charge in [0.25, 0.3) is 5.91 Å². The molecule has 1 fully saturated rings. The molecule has 0 bridgehead atoms. The van der Waals surface area contributed by atoms with Crippen molar-refractivity contribution < 1.29 is 14.3 Å². The maximum atomic E-state index is 13.5. The molecule has 2 N–H and O–H groups in total. The highest BCUT2D eigenvalue weighted by molar-refractivity contribution is 5.93. The molecule has 3 rings (SSSR count). The summed E-state index contributed by atoms with van der Waals surface area (Å²) in [7, 11) is 1.60. The molecule has 1 saturated heterocycles. The van der Waals surface area contributed by atoms with Crippen molar-refractivity contribution in [2.75, 3.05) is 13.6 Å². The molecule has 1 heterocycles. The van der Waals surface area contributed by atoms with Crippen LogP contribution in [0.15, 0.2) is 48.5 Å². The summed E-state index contributed by atoms with van der Waals surface area (Å²) in [5, 5.41) is 12.6. The molecule has 0 aliphatic carbocycles. The van der Waals surface area contributed by atoms with Crippen LogP contribution in [0.3, 0.4) is 0 Å². The fourth-order valence-electron chi connectivity index (χ4n) is 3.26. The number of β-amino-alcohol motifs (C(OH)–C–C–N with tert-alkyl or cyclic N) is 1. The molecule has 0 radical (unpaired) electrons. The van der Waals surface area contributed by atoms with E-state index in [0.29, 0.717) is 25.1 Å². The quantitative estimate of drug-likeness (QED) is 0.907. The van der Waals surface area contributed by atoms with Crippen LogP contribution >= 0.6 is 0 Å². The van der Waals surface area contributed by atoms with Crippen LogP contribution in [0.1, 0.15) is 33.9 Å². The molecule has 0 spiro atoms. The number of rotatable bonds is 4. The van der Waals surface area contributed by atoms with Crippen molar-refractivity contribution in [1.82, 2.24) is 10.2 Å². The Kier molecular flexibility index (Phi) is 4.92. The Morgan fingerprint density at radius 1 is 1.29 bits per heavy atom. The summed E-state index contributed by atoms with van der Waals surface area (Å²) >= 11 is 0. The molecule has 5 heteroatoms. The lowest BCUT2D eigenvalue weighted by Crippen LogP contribution is -2.24. The fraction of sp³-hybridized carbons (Fsp3) is 0.316. The van der Waals surface area contributed by atoms with Gasteiger partial charge in [-0.1, -0.05) is 24.3 Å². The first-order chi connectivity index (χ1) is 11.6. The van der Waals surface area contributed by atoms with Crippen molar-refractivity contribution in [1.29, 1.82) is 0 Å². The van der Waals surface area contributed by atoms with Crippen molar-refractivity contribution in [3.63, 3.8) is 0 Å². The number of amides is 1. The van der Waals surface area contributed by atoms with Gasteiger partial charge in [-0.15, -0.1) is 0 Å². The second-order valence-electron chi connectivity index (χ2n) is 6.17. The molecule has 4 nitrogen and oxygen atoms in total. The van der Waals surface area contributed by atoms with E-state index in [1.54, 1.807) is 25.2 Å². The number of aliphatic hydroxyl groups is 1. The van der Waals surface area contributed by atoms with E-state index in [0.717, 1.165) is 11.1 Å². The van der Waals surface area contributed by atoms with Crippen LogP contribution in [0.2, 0.25) is 0 Å².